The minimum atomic E-state index is 0.121. The summed E-state index contributed by atoms with van der Waals surface area (Å²) in [7, 11) is 0. The first-order chi connectivity index (χ1) is 12.8. The van der Waals surface area contributed by atoms with Crippen molar-refractivity contribution in [2.75, 3.05) is 0 Å². The Labute approximate surface area is 158 Å². The molecule has 1 atom stereocenters. The molecule has 2 N–H and O–H groups in total. The maximum absolute atomic E-state index is 5.59. The molecule has 0 radical (unpaired) electrons. The van der Waals surface area contributed by atoms with E-state index in [1.54, 1.807) is 0 Å². The molecule has 0 saturated carbocycles. The molecule has 0 bridgehead atoms. The first-order valence-corrected chi connectivity index (χ1v) is 9.58. The van der Waals surface area contributed by atoms with Crippen molar-refractivity contribution in [3.05, 3.63) is 89.0 Å². The molecule has 0 fully saturated rings. The number of aryl methyl sites for hydroxylation is 1. The highest BCUT2D eigenvalue weighted by atomic mass is 32.1. The zero-order chi connectivity index (χ0) is 17.5. The molecule has 26 heavy (non-hydrogen) atoms. The van der Waals surface area contributed by atoms with Crippen LogP contribution in [0, 0.1) is 0 Å². The number of thiocarbonyl (C=S) groups is 1. The molecule has 1 aliphatic heterocycles. The summed E-state index contributed by atoms with van der Waals surface area (Å²) in [5, 5.41) is 10.3. The number of hydrogen-bond acceptors (Lipinski definition) is 1. The fourth-order valence-corrected chi connectivity index (χ4v) is 4.54. The van der Waals surface area contributed by atoms with Gasteiger partial charge in [0.05, 0.1) is 6.04 Å². The second kappa shape index (κ2) is 6.26. The summed E-state index contributed by atoms with van der Waals surface area (Å²) in [6, 6.07) is 24.0. The van der Waals surface area contributed by atoms with Gasteiger partial charge in [0, 0.05) is 11.3 Å². The van der Waals surface area contributed by atoms with Gasteiger partial charge >= 0.3 is 0 Å². The molecule has 1 heterocycles. The van der Waals surface area contributed by atoms with Crippen LogP contribution < -0.4 is 10.6 Å². The van der Waals surface area contributed by atoms with Crippen molar-refractivity contribution in [2.24, 2.45) is 0 Å². The monoisotopic (exact) mass is 356 g/mol. The zero-order valence-corrected chi connectivity index (χ0v) is 15.3. The molecule has 2 nitrogen and oxygen atoms in total. The highest BCUT2D eigenvalue weighted by Gasteiger charge is 2.30. The third-order valence-electron chi connectivity index (χ3n) is 5.50. The predicted octanol–water partition coefficient (Wildman–Crippen LogP) is 5.11. The van der Waals surface area contributed by atoms with E-state index in [1.165, 1.54) is 38.7 Å². The van der Waals surface area contributed by atoms with Crippen LogP contribution >= 0.6 is 12.2 Å². The van der Waals surface area contributed by atoms with Gasteiger partial charge in [-0.3, -0.25) is 0 Å². The Kier molecular flexibility index (Phi) is 3.75. The van der Waals surface area contributed by atoms with Gasteiger partial charge in [0.15, 0.2) is 5.11 Å². The summed E-state index contributed by atoms with van der Waals surface area (Å²) in [4.78, 5) is 0. The van der Waals surface area contributed by atoms with Gasteiger partial charge in [-0.2, -0.15) is 0 Å². The molecule has 3 heteroatoms. The van der Waals surface area contributed by atoms with Crippen molar-refractivity contribution in [3.8, 4) is 0 Å². The van der Waals surface area contributed by atoms with Crippen molar-refractivity contribution in [1.82, 2.24) is 10.6 Å². The summed E-state index contributed by atoms with van der Waals surface area (Å²) in [6.45, 7) is 0. The Hall–Kier alpha value is -2.65. The Balaban J connectivity index is 1.73. The standard InChI is InChI=1S/C23H20N2S/c26-23-24-21-18-12-4-2-8-16(18)10-6-14-20(21)22(25-23)19-13-5-9-15-7-1-3-11-17(15)19/h1-5,7-9,11-13,22H,6,10,14H2,(H2,24,25,26). The molecule has 1 aliphatic carbocycles. The van der Waals surface area contributed by atoms with Crippen LogP contribution in [-0.2, 0) is 6.42 Å². The van der Waals surface area contributed by atoms with Crippen LogP contribution in [0.2, 0.25) is 0 Å². The van der Waals surface area contributed by atoms with Crippen LogP contribution in [0.3, 0.4) is 0 Å². The number of benzene rings is 3. The molecule has 128 valence electrons. The lowest BCUT2D eigenvalue weighted by Crippen LogP contribution is -2.43. The first-order valence-electron chi connectivity index (χ1n) is 9.18. The van der Waals surface area contributed by atoms with Crippen molar-refractivity contribution >= 4 is 33.8 Å². The second-order valence-corrected chi connectivity index (χ2v) is 7.42. The molecule has 0 amide bonds. The summed E-state index contributed by atoms with van der Waals surface area (Å²) in [5.41, 5.74) is 6.64. The third-order valence-corrected chi connectivity index (χ3v) is 5.72. The molecule has 3 aromatic carbocycles. The minimum Gasteiger partial charge on any atom is -0.352 e. The molecule has 5 rings (SSSR count). The van der Waals surface area contributed by atoms with Gasteiger partial charge < -0.3 is 10.6 Å². The van der Waals surface area contributed by atoms with Gasteiger partial charge in [-0.15, -0.1) is 0 Å². The van der Waals surface area contributed by atoms with Crippen LogP contribution in [-0.4, -0.2) is 5.11 Å². The molecule has 2 aliphatic rings. The normalized spacial score (nSPS) is 19.2. The Bertz CT molecular complexity index is 1050. The summed E-state index contributed by atoms with van der Waals surface area (Å²) in [6.07, 6.45) is 3.34. The quantitative estimate of drug-likeness (QED) is 0.593. The lowest BCUT2D eigenvalue weighted by molar-refractivity contribution is 0.668. The lowest BCUT2D eigenvalue weighted by Gasteiger charge is -2.32. The van der Waals surface area contributed by atoms with E-state index in [0.717, 1.165) is 19.3 Å². The number of fused-ring (bicyclic) bond motifs is 3. The van der Waals surface area contributed by atoms with E-state index < -0.39 is 0 Å². The highest BCUT2D eigenvalue weighted by Crippen LogP contribution is 2.39. The van der Waals surface area contributed by atoms with E-state index in [2.05, 4.69) is 77.4 Å². The van der Waals surface area contributed by atoms with Crippen molar-refractivity contribution in [1.29, 1.82) is 0 Å². The third kappa shape index (κ3) is 2.51. The van der Waals surface area contributed by atoms with Crippen LogP contribution in [0.25, 0.3) is 16.5 Å². The van der Waals surface area contributed by atoms with Crippen LogP contribution in [0.5, 0.6) is 0 Å². The summed E-state index contributed by atoms with van der Waals surface area (Å²) in [5.74, 6) is 0. The SMILES string of the molecule is S=C1NC2=C(CCCc3ccccc32)C(c2cccc3ccccc23)N1. The average Bonchev–Trinajstić information content (AvgIpc) is 2.86. The fraction of sp³-hybridized carbons (Fsp3) is 0.174. The van der Waals surface area contributed by atoms with Gasteiger partial charge in [-0.05, 0) is 59.0 Å². The Morgan fingerprint density at radius 2 is 1.65 bits per heavy atom. The minimum absolute atomic E-state index is 0.121. The molecule has 0 saturated heterocycles. The zero-order valence-electron chi connectivity index (χ0n) is 14.5. The van der Waals surface area contributed by atoms with E-state index in [1.807, 2.05) is 0 Å². The van der Waals surface area contributed by atoms with Gasteiger partial charge in [0.2, 0.25) is 0 Å². The smallest absolute Gasteiger partial charge is 0.171 e. The van der Waals surface area contributed by atoms with Crippen LogP contribution in [0.15, 0.2) is 72.3 Å². The topological polar surface area (TPSA) is 24.1 Å². The molecular weight excluding hydrogens is 336 g/mol. The Morgan fingerprint density at radius 1 is 0.846 bits per heavy atom. The molecule has 0 spiro atoms. The maximum atomic E-state index is 5.59. The second-order valence-electron chi connectivity index (χ2n) is 7.01. The summed E-state index contributed by atoms with van der Waals surface area (Å²) < 4.78 is 0. The van der Waals surface area contributed by atoms with E-state index in [4.69, 9.17) is 12.2 Å². The van der Waals surface area contributed by atoms with E-state index in [0.29, 0.717) is 5.11 Å². The van der Waals surface area contributed by atoms with Crippen molar-refractivity contribution in [2.45, 2.75) is 25.3 Å². The van der Waals surface area contributed by atoms with Gasteiger partial charge in [0.1, 0.15) is 0 Å². The summed E-state index contributed by atoms with van der Waals surface area (Å²) >= 11 is 5.59. The number of rotatable bonds is 1. The number of hydrogen-bond donors (Lipinski definition) is 2. The lowest BCUT2D eigenvalue weighted by atomic mass is 9.88. The molecule has 3 aromatic rings. The number of nitrogens with one attached hydrogen (secondary N) is 2. The van der Waals surface area contributed by atoms with Crippen molar-refractivity contribution < 1.29 is 0 Å². The largest absolute Gasteiger partial charge is 0.352 e. The Morgan fingerprint density at radius 3 is 2.62 bits per heavy atom. The van der Waals surface area contributed by atoms with Crippen LogP contribution in [0.4, 0.5) is 0 Å². The van der Waals surface area contributed by atoms with Gasteiger partial charge in [-0.25, -0.2) is 0 Å². The van der Waals surface area contributed by atoms with Gasteiger partial charge in [0.25, 0.3) is 0 Å². The van der Waals surface area contributed by atoms with E-state index >= 15 is 0 Å². The molecular formula is C23H20N2S. The maximum Gasteiger partial charge on any atom is 0.171 e. The first kappa shape index (κ1) is 15.6. The molecule has 0 aromatic heterocycles. The van der Waals surface area contributed by atoms with Gasteiger partial charge in [-0.1, -0.05) is 66.7 Å². The van der Waals surface area contributed by atoms with E-state index in [9.17, 15) is 0 Å². The molecule has 1 unspecified atom stereocenters. The van der Waals surface area contributed by atoms with E-state index in [-0.39, 0.29) is 6.04 Å². The van der Waals surface area contributed by atoms with Crippen molar-refractivity contribution in [3.63, 3.8) is 0 Å². The average molecular weight is 356 g/mol. The fourth-order valence-electron chi connectivity index (χ4n) is 4.32. The highest BCUT2D eigenvalue weighted by molar-refractivity contribution is 7.80. The predicted molar refractivity (Wildman–Crippen MR) is 112 cm³/mol. The van der Waals surface area contributed by atoms with Crippen LogP contribution in [0.1, 0.15) is 35.6 Å².